The molecule has 1 heterocycles. The van der Waals surface area contributed by atoms with Crippen molar-refractivity contribution in [1.82, 2.24) is 4.90 Å². The Bertz CT molecular complexity index is 500. The Morgan fingerprint density at radius 1 is 1.21 bits per heavy atom. The molecular formula is C13H14N2O4. The van der Waals surface area contributed by atoms with E-state index < -0.39 is 4.92 Å². The summed E-state index contributed by atoms with van der Waals surface area (Å²) < 4.78 is 0. The molecule has 1 aromatic rings. The van der Waals surface area contributed by atoms with E-state index in [0.717, 1.165) is 0 Å². The SMILES string of the molecule is O=C1CCN(CC(=O)c2ccc([N+](=O)[O-])cc2)CC1. The third kappa shape index (κ3) is 3.45. The van der Waals surface area contributed by atoms with E-state index in [2.05, 4.69) is 0 Å². The van der Waals surface area contributed by atoms with Crippen molar-refractivity contribution >= 4 is 17.3 Å². The topological polar surface area (TPSA) is 80.5 Å². The lowest BCUT2D eigenvalue weighted by molar-refractivity contribution is -0.384. The van der Waals surface area contributed by atoms with E-state index in [1.807, 2.05) is 4.90 Å². The number of nitrogens with zero attached hydrogens (tertiary/aromatic N) is 2. The monoisotopic (exact) mass is 262 g/mol. The number of likely N-dealkylation sites (tertiary alicyclic amines) is 1. The Hall–Kier alpha value is -2.08. The maximum Gasteiger partial charge on any atom is 0.269 e. The fraction of sp³-hybridized carbons (Fsp3) is 0.385. The molecule has 1 aromatic carbocycles. The summed E-state index contributed by atoms with van der Waals surface area (Å²) >= 11 is 0. The average Bonchev–Trinajstić information content (AvgIpc) is 2.41. The van der Waals surface area contributed by atoms with Crippen LogP contribution in [0.15, 0.2) is 24.3 Å². The minimum atomic E-state index is -0.496. The number of benzene rings is 1. The molecule has 2 rings (SSSR count). The molecule has 100 valence electrons. The Morgan fingerprint density at radius 3 is 2.32 bits per heavy atom. The summed E-state index contributed by atoms with van der Waals surface area (Å²) in [6.07, 6.45) is 0.987. The van der Waals surface area contributed by atoms with Crippen LogP contribution in [0.1, 0.15) is 23.2 Å². The first-order valence-electron chi connectivity index (χ1n) is 6.08. The van der Waals surface area contributed by atoms with Crippen LogP contribution in [-0.4, -0.2) is 41.0 Å². The summed E-state index contributed by atoms with van der Waals surface area (Å²) in [7, 11) is 0. The van der Waals surface area contributed by atoms with Gasteiger partial charge in [0.1, 0.15) is 5.78 Å². The van der Waals surface area contributed by atoms with Crippen molar-refractivity contribution in [3.05, 3.63) is 39.9 Å². The van der Waals surface area contributed by atoms with E-state index in [1.54, 1.807) is 0 Å². The highest BCUT2D eigenvalue weighted by atomic mass is 16.6. The lowest BCUT2D eigenvalue weighted by atomic mass is 10.1. The first-order chi connectivity index (χ1) is 9.06. The van der Waals surface area contributed by atoms with Crippen LogP contribution in [0.3, 0.4) is 0 Å². The molecule has 0 atom stereocenters. The number of carbonyl (C=O) groups is 2. The average molecular weight is 262 g/mol. The fourth-order valence-corrected chi connectivity index (χ4v) is 2.02. The molecule has 0 spiro atoms. The molecular weight excluding hydrogens is 248 g/mol. The molecule has 19 heavy (non-hydrogen) atoms. The maximum absolute atomic E-state index is 12.0. The zero-order valence-electron chi connectivity index (χ0n) is 10.4. The van der Waals surface area contributed by atoms with E-state index in [1.165, 1.54) is 24.3 Å². The van der Waals surface area contributed by atoms with Gasteiger partial charge in [-0.25, -0.2) is 0 Å². The molecule has 0 radical (unpaired) electrons. The number of carbonyl (C=O) groups excluding carboxylic acids is 2. The van der Waals surface area contributed by atoms with Crippen molar-refractivity contribution < 1.29 is 14.5 Å². The van der Waals surface area contributed by atoms with E-state index in [9.17, 15) is 19.7 Å². The molecule has 1 aliphatic heterocycles. The standard InChI is InChI=1S/C13H14N2O4/c16-12-5-7-14(8-6-12)9-13(17)10-1-3-11(4-2-10)15(18)19/h1-4H,5-9H2. The first kappa shape index (κ1) is 13.4. The van der Waals surface area contributed by atoms with Gasteiger partial charge in [-0.1, -0.05) is 0 Å². The summed E-state index contributed by atoms with van der Waals surface area (Å²) in [5, 5.41) is 10.5. The van der Waals surface area contributed by atoms with Crippen molar-refractivity contribution in [1.29, 1.82) is 0 Å². The van der Waals surface area contributed by atoms with E-state index in [0.29, 0.717) is 31.5 Å². The lowest BCUT2D eigenvalue weighted by Crippen LogP contribution is -2.37. The van der Waals surface area contributed by atoms with Gasteiger partial charge in [0, 0.05) is 43.6 Å². The minimum absolute atomic E-state index is 0.0277. The zero-order valence-corrected chi connectivity index (χ0v) is 10.4. The smallest absolute Gasteiger partial charge is 0.269 e. The Labute approximate surface area is 110 Å². The van der Waals surface area contributed by atoms with Crippen LogP contribution in [0.5, 0.6) is 0 Å². The number of rotatable bonds is 4. The molecule has 0 saturated carbocycles. The summed E-state index contributed by atoms with van der Waals surface area (Å²) in [6, 6.07) is 5.59. The van der Waals surface area contributed by atoms with Gasteiger partial charge in [0.25, 0.3) is 5.69 Å². The van der Waals surface area contributed by atoms with Crippen LogP contribution >= 0.6 is 0 Å². The Balaban J connectivity index is 1.96. The molecule has 0 aromatic heterocycles. The fourth-order valence-electron chi connectivity index (χ4n) is 2.02. The van der Waals surface area contributed by atoms with Gasteiger partial charge in [-0.3, -0.25) is 24.6 Å². The molecule has 0 bridgehead atoms. The first-order valence-corrected chi connectivity index (χ1v) is 6.08. The van der Waals surface area contributed by atoms with E-state index in [4.69, 9.17) is 0 Å². The molecule has 6 heteroatoms. The van der Waals surface area contributed by atoms with Gasteiger partial charge in [0.2, 0.25) is 0 Å². The van der Waals surface area contributed by atoms with Crippen molar-refractivity contribution in [3.63, 3.8) is 0 Å². The highest BCUT2D eigenvalue weighted by molar-refractivity contribution is 5.97. The van der Waals surface area contributed by atoms with Gasteiger partial charge in [-0.2, -0.15) is 0 Å². The molecule has 1 fully saturated rings. The number of nitro benzene ring substituents is 1. The summed E-state index contributed by atoms with van der Waals surface area (Å²) in [5.74, 6) is 0.156. The number of hydrogen-bond donors (Lipinski definition) is 0. The number of ketones is 2. The zero-order chi connectivity index (χ0) is 13.8. The molecule has 6 nitrogen and oxygen atoms in total. The number of nitro groups is 1. The van der Waals surface area contributed by atoms with Gasteiger partial charge >= 0.3 is 0 Å². The van der Waals surface area contributed by atoms with Crippen molar-refractivity contribution in [2.45, 2.75) is 12.8 Å². The van der Waals surface area contributed by atoms with E-state index >= 15 is 0 Å². The second kappa shape index (κ2) is 5.71. The van der Waals surface area contributed by atoms with Gasteiger partial charge < -0.3 is 0 Å². The summed E-state index contributed by atoms with van der Waals surface area (Å²) in [4.78, 5) is 35.0. The van der Waals surface area contributed by atoms with Crippen LogP contribution in [0.2, 0.25) is 0 Å². The van der Waals surface area contributed by atoms with Gasteiger partial charge in [0.05, 0.1) is 11.5 Å². The largest absolute Gasteiger partial charge is 0.300 e. The highest BCUT2D eigenvalue weighted by Gasteiger charge is 2.19. The summed E-state index contributed by atoms with van der Waals surface area (Å²) in [6.45, 7) is 1.47. The number of Topliss-reactive ketones (excluding diaryl/α,β-unsaturated/α-hetero) is 2. The molecule has 0 amide bonds. The lowest BCUT2D eigenvalue weighted by Gasteiger charge is -2.24. The van der Waals surface area contributed by atoms with Crippen LogP contribution in [0.4, 0.5) is 5.69 Å². The van der Waals surface area contributed by atoms with Crippen molar-refractivity contribution in [2.75, 3.05) is 19.6 Å². The minimum Gasteiger partial charge on any atom is -0.300 e. The Kier molecular flexibility index (Phi) is 4.01. The molecule has 0 N–H and O–H groups in total. The van der Waals surface area contributed by atoms with Crippen LogP contribution < -0.4 is 0 Å². The van der Waals surface area contributed by atoms with Crippen LogP contribution in [0.25, 0.3) is 0 Å². The summed E-state index contributed by atoms with van der Waals surface area (Å²) in [5.41, 5.74) is 0.433. The number of non-ortho nitro benzene ring substituents is 1. The normalized spacial score (nSPS) is 16.3. The predicted octanol–water partition coefficient (Wildman–Crippen LogP) is 1.44. The van der Waals surface area contributed by atoms with Gasteiger partial charge in [-0.15, -0.1) is 0 Å². The molecule has 1 aliphatic rings. The second-order valence-corrected chi connectivity index (χ2v) is 4.54. The third-order valence-corrected chi connectivity index (χ3v) is 3.18. The maximum atomic E-state index is 12.0. The molecule has 0 unspecified atom stereocenters. The van der Waals surface area contributed by atoms with Crippen LogP contribution in [0, 0.1) is 10.1 Å². The van der Waals surface area contributed by atoms with E-state index in [-0.39, 0.29) is 23.8 Å². The molecule has 1 saturated heterocycles. The third-order valence-electron chi connectivity index (χ3n) is 3.18. The predicted molar refractivity (Wildman–Crippen MR) is 68.1 cm³/mol. The molecule has 0 aliphatic carbocycles. The quantitative estimate of drug-likeness (QED) is 0.466. The van der Waals surface area contributed by atoms with Gasteiger partial charge in [-0.05, 0) is 12.1 Å². The van der Waals surface area contributed by atoms with Crippen molar-refractivity contribution in [2.24, 2.45) is 0 Å². The highest BCUT2D eigenvalue weighted by Crippen LogP contribution is 2.13. The van der Waals surface area contributed by atoms with Crippen molar-refractivity contribution in [3.8, 4) is 0 Å². The van der Waals surface area contributed by atoms with Gasteiger partial charge in [0.15, 0.2) is 5.78 Å². The van der Waals surface area contributed by atoms with Crippen LogP contribution in [-0.2, 0) is 4.79 Å². The Morgan fingerprint density at radius 2 is 1.79 bits per heavy atom. The number of piperidine rings is 1. The second-order valence-electron chi connectivity index (χ2n) is 4.54. The number of hydrogen-bond acceptors (Lipinski definition) is 5.